The molecule has 1 aromatic heterocycles. The summed E-state index contributed by atoms with van der Waals surface area (Å²) < 4.78 is 9.87. The maximum atomic E-state index is 11.3. The lowest BCUT2D eigenvalue weighted by Gasteiger charge is -2.06. The van der Waals surface area contributed by atoms with Crippen LogP contribution >= 0.6 is 0 Å². The van der Waals surface area contributed by atoms with Crippen LogP contribution in [0.3, 0.4) is 0 Å². The van der Waals surface area contributed by atoms with Gasteiger partial charge in [0, 0.05) is 12.0 Å². The van der Waals surface area contributed by atoms with Crippen molar-refractivity contribution in [2.75, 3.05) is 14.2 Å². The van der Waals surface area contributed by atoms with Crippen LogP contribution in [0, 0.1) is 0 Å². The highest BCUT2D eigenvalue weighted by atomic mass is 16.5. The van der Waals surface area contributed by atoms with Crippen LogP contribution in [-0.2, 0) is 11.2 Å². The summed E-state index contributed by atoms with van der Waals surface area (Å²) in [6.45, 7) is 0. The molecule has 5 nitrogen and oxygen atoms in total. The van der Waals surface area contributed by atoms with E-state index >= 15 is 0 Å². The minimum absolute atomic E-state index is 0.349. The number of carbonyl (C=O) groups excluding carboxylic acids is 1. The number of H-pyrrole nitrogens is 1. The number of esters is 1. The van der Waals surface area contributed by atoms with Gasteiger partial charge in [0.05, 0.1) is 20.4 Å². The van der Waals surface area contributed by atoms with Crippen molar-refractivity contribution in [1.29, 1.82) is 0 Å². The number of rotatable bonds is 4. The summed E-state index contributed by atoms with van der Waals surface area (Å²) >= 11 is 0. The van der Waals surface area contributed by atoms with E-state index in [1.807, 2.05) is 24.3 Å². The van der Waals surface area contributed by atoms with E-state index in [0.29, 0.717) is 17.9 Å². The summed E-state index contributed by atoms with van der Waals surface area (Å²) in [6, 6.07) is 7.69. The zero-order chi connectivity index (χ0) is 13.0. The molecule has 94 valence electrons. The largest absolute Gasteiger partial charge is 0.496 e. The number of aromatic nitrogens is 2. The standard InChI is InChI=1S/C13H14N2O3/c1-17-11-6-4-3-5-9(11)7-12-14-8-10(15-12)13(16)18-2/h3-6,8H,7H2,1-2H3,(H,14,15). The third-order valence-corrected chi connectivity index (χ3v) is 2.58. The Hall–Kier alpha value is -2.30. The molecular weight excluding hydrogens is 232 g/mol. The normalized spacial score (nSPS) is 10.1. The second-order valence-electron chi connectivity index (χ2n) is 3.72. The first-order valence-electron chi connectivity index (χ1n) is 5.48. The van der Waals surface area contributed by atoms with Crippen LogP contribution in [0.1, 0.15) is 21.9 Å². The molecule has 0 aliphatic carbocycles. The Morgan fingerprint density at radius 1 is 1.33 bits per heavy atom. The van der Waals surface area contributed by atoms with Gasteiger partial charge in [0.1, 0.15) is 17.3 Å². The van der Waals surface area contributed by atoms with E-state index in [1.54, 1.807) is 7.11 Å². The van der Waals surface area contributed by atoms with Crippen LogP contribution in [0.2, 0.25) is 0 Å². The molecule has 0 atom stereocenters. The van der Waals surface area contributed by atoms with E-state index in [0.717, 1.165) is 11.3 Å². The number of nitrogens with one attached hydrogen (secondary N) is 1. The number of benzene rings is 1. The monoisotopic (exact) mass is 246 g/mol. The van der Waals surface area contributed by atoms with Crippen LogP contribution in [0.25, 0.3) is 0 Å². The van der Waals surface area contributed by atoms with E-state index < -0.39 is 5.97 Å². The third kappa shape index (κ3) is 2.51. The first kappa shape index (κ1) is 12.2. The molecule has 0 radical (unpaired) electrons. The number of hydrogen-bond acceptors (Lipinski definition) is 4. The van der Waals surface area contributed by atoms with Crippen LogP contribution in [0.15, 0.2) is 30.5 Å². The Labute approximate surface area is 105 Å². The molecule has 1 N–H and O–H groups in total. The Bertz CT molecular complexity index is 549. The number of imidazole rings is 1. The molecule has 0 amide bonds. The SMILES string of the molecule is COC(=O)c1cnc(Cc2ccccc2OC)[nH]1. The maximum Gasteiger partial charge on any atom is 0.356 e. The Morgan fingerprint density at radius 2 is 2.11 bits per heavy atom. The molecule has 0 aliphatic heterocycles. The summed E-state index contributed by atoms with van der Waals surface area (Å²) in [5, 5.41) is 0. The average Bonchev–Trinajstić information content (AvgIpc) is 2.87. The van der Waals surface area contributed by atoms with Crippen molar-refractivity contribution in [3.63, 3.8) is 0 Å². The molecule has 1 aromatic carbocycles. The second kappa shape index (κ2) is 5.35. The molecule has 2 rings (SSSR count). The van der Waals surface area contributed by atoms with Crippen molar-refractivity contribution < 1.29 is 14.3 Å². The molecule has 0 spiro atoms. The van der Waals surface area contributed by atoms with Gasteiger partial charge in [-0.1, -0.05) is 18.2 Å². The third-order valence-electron chi connectivity index (χ3n) is 2.58. The first-order chi connectivity index (χ1) is 8.74. The Morgan fingerprint density at radius 3 is 2.83 bits per heavy atom. The predicted molar refractivity (Wildman–Crippen MR) is 65.7 cm³/mol. The molecule has 18 heavy (non-hydrogen) atoms. The minimum Gasteiger partial charge on any atom is -0.496 e. The van der Waals surface area contributed by atoms with E-state index in [4.69, 9.17) is 4.74 Å². The molecule has 0 fully saturated rings. The summed E-state index contributed by atoms with van der Waals surface area (Å²) in [5.41, 5.74) is 1.35. The quantitative estimate of drug-likeness (QED) is 0.835. The van der Waals surface area contributed by atoms with Gasteiger partial charge in [0.2, 0.25) is 0 Å². The van der Waals surface area contributed by atoms with Gasteiger partial charge in [-0.2, -0.15) is 0 Å². The number of carbonyl (C=O) groups is 1. The van der Waals surface area contributed by atoms with E-state index in [1.165, 1.54) is 13.3 Å². The van der Waals surface area contributed by atoms with Crippen LogP contribution < -0.4 is 4.74 Å². The second-order valence-corrected chi connectivity index (χ2v) is 3.72. The van der Waals surface area contributed by atoms with Gasteiger partial charge in [-0.3, -0.25) is 0 Å². The number of aromatic amines is 1. The highest BCUT2D eigenvalue weighted by Crippen LogP contribution is 2.19. The van der Waals surface area contributed by atoms with Crippen molar-refractivity contribution in [1.82, 2.24) is 9.97 Å². The Balaban J connectivity index is 2.19. The van der Waals surface area contributed by atoms with Gasteiger partial charge in [-0.05, 0) is 6.07 Å². The lowest BCUT2D eigenvalue weighted by Crippen LogP contribution is -2.02. The fraction of sp³-hybridized carbons (Fsp3) is 0.231. The van der Waals surface area contributed by atoms with Crippen molar-refractivity contribution in [2.24, 2.45) is 0 Å². The topological polar surface area (TPSA) is 64.2 Å². The summed E-state index contributed by atoms with van der Waals surface area (Å²) in [7, 11) is 2.96. The van der Waals surface area contributed by atoms with Gasteiger partial charge in [0.15, 0.2) is 0 Å². The van der Waals surface area contributed by atoms with Crippen molar-refractivity contribution >= 4 is 5.97 Å². The van der Waals surface area contributed by atoms with Gasteiger partial charge < -0.3 is 14.5 Å². The highest BCUT2D eigenvalue weighted by Gasteiger charge is 2.11. The van der Waals surface area contributed by atoms with Gasteiger partial charge in [-0.15, -0.1) is 0 Å². The van der Waals surface area contributed by atoms with Crippen LogP contribution in [0.4, 0.5) is 0 Å². The van der Waals surface area contributed by atoms with Gasteiger partial charge in [-0.25, -0.2) is 9.78 Å². The average molecular weight is 246 g/mol. The minimum atomic E-state index is -0.422. The number of hydrogen-bond donors (Lipinski definition) is 1. The van der Waals surface area contributed by atoms with Crippen molar-refractivity contribution in [3.05, 3.63) is 47.5 Å². The smallest absolute Gasteiger partial charge is 0.356 e. The number of para-hydroxylation sites is 1. The van der Waals surface area contributed by atoms with Crippen LogP contribution in [0.5, 0.6) is 5.75 Å². The Kier molecular flexibility index (Phi) is 3.62. The van der Waals surface area contributed by atoms with Crippen molar-refractivity contribution in [3.8, 4) is 5.75 Å². The molecule has 2 aromatic rings. The summed E-state index contributed by atoms with van der Waals surface area (Å²) in [4.78, 5) is 18.4. The predicted octanol–water partition coefficient (Wildman–Crippen LogP) is 1.80. The number of ether oxygens (including phenoxy) is 2. The van der Waals surface area contributed by atoms with E-state index in [9.17, 15) is 4.79 Å². The molecule has 0 unspecified atom stereocenters. The van der Waals surface area contributed by atoms with Gasteiger partial charge in [0.25, 0.3) is 0 Å². The maximum absolute atomic E-state index is 11.3. The number of methoxy groups -OCH3 is 2. The zero-order valence-corrected chi connectivity index (χ0v) is 10.3. The molecule has 0 saturated carbocycles. The zero-order valence-electron chi connectivity index (χ0n) is 10.3. The molecule has 1 heterocycles. The van der Waals surface area contributed by atoms with E-state index in [-0.39, 0.29) is 0 Å². The molecule has 0 aliphatic rings. The molecule has 0 saturated heterocycles. The van der Waals surface area contributed by atoms with E-state index in [2.05, 4.69) is 14.7 Å². The summed E-state index contributed by atoms with van der Waals surface area (Å²) in [6.07, 6.45) is 2.04. The van der Waals surface area contributed by atoms with Gasteiger partial charge >= 0.3 is 5.97 Å². The summed E-state index contributed by atoms with van der Waals surface area (Å²) in [5.74, 6) is 1.07. The lowest BCUT2D eigenvalue weighted by molar-refractivity contribution is 0.0594. The van der Waals surface area contributed by atoms with Crippen molar-refractivity contribution in [2.45, 2.75) is 6.42 Å². The molecule has 5 heteroatoms. The highest BCUT2D eigenvalue weighted by molar-refractivity contribution is 5.86. The fourth-order valence-electron chi connectivity index (χ4n) is 1.70. The first-order valence-corrected chi connectivity index (χ1v) is 5.48. The number of nitrogens with zero attached hydrogens (tertiary/aromatic N) is 1. The molecule has 0 bridgehead atoms. The van der Waals surface area contributed by atoms with Crippen LogP contribution in [-0.4, -0.2) is 30.2 Å². The lowest BCUT2D eigenvalue weighted by atomic mass is 10.1. The fourth-order valence-corrected chi connectivity index (χ4v) is 1.70. The molecular formula is C13H14N2O3.